The van der Waals surface area contributed by atoms with Gasteiger partial charge in [-0.1, -0.05) is 50.3 Å². The van der Waals surface area contributed by atoms with Gasteiger partial charge in [-0.05, 0) is 38.5 Å². The maximum absolute atomic E-state index is 14.2. The van der Waals surface area contributed by atoms with E-state index in [9.17, 15) is 24.1 Å². The molecule has 0 heterocycles. The van der Waals surface area contributed by atoms with Crippen LogP contribution in [0.25, 0.3) is 0 Å². The van der Waals surface area contributed by atoms with Crippen molar-refractivity contribution in [3.63, 3.8) is 0 Å². The quantitative estimate of drug-likeness (QED) is 0.0405. The van der Waals surface area contributed by atoms with Gasteiger partial charge in [0.2, 0.25) is 23.6 Å². The lowest BCUT2D eigenvalue weighted by Gasteiger charge is -2.70. The molecule has 3 rings (SSSR count). The van der Waals surface area contributed by atoms with Crippen LogP contribution < -0.4 is 26.2 Å². The third-order valence-corrected chi connectivity index (χ3v) is 14.0. The number of amides is 4. The summed E-state index contributed by atoms with van der Waals surface area (Å²) in [5.74, 6) is 5.96. The van der Waals surface area contributed by atoms with Crippen LogP contribution in [0, 0.1) is 42.4 Å². The number of hydrogen-bond acceptors (Lipinski definition) is 13. The highest BCUT2D eigenvalue weighted by atomic mass is 32.5. The summed E-state index contributed by atoms with van der Waals surface area (Å²) in [6.45, 7) is 5.80. The lowest BCUT2D eigenvalue weighted by Crippen LogP contribution is -2.74. The topological polar surface area (TPSA) is 204 Å². The van der Waals surface area contributed by atoms with Crippen molar-refractivity contribution in [1.29, 1.82) is 0 Å². The zero-order valence-corrected chi connectivity index (χ0v) is 36.7. The molecular formula is C41H64N4O12PS-. The van der Waals surface area contributed by atoms with Gasteiger partial charge in [-0.3, -0.25) is 19.2 Å². The summed E-state index contributed by atoms with van der Waals surface area (Å²) in [6.07, 6.45) is 16.9. The van der Waals surface area contributed by atoms with Gasteiger partial charge in [-0.15, -0.1) is 19.3 Å². The summed E-state index contributed by atoms with van der Waals surface area (Å²) in [4.78, 5) is 66.8. The van der Waals surface area contributed by atoms with Gasteiger partial charge in [-0.25, -0.2) is 0 Å². The Kier molecular flexibility index (Phi) is 23.8. The molecule has 3 aliphatic rings. The minimum atomic E-state index is -3.40. The highest BCUT2D eigenvalue weighted by Crippen LogP contribution is 2.74. The van der Waals surface area contributed by atoms with E-state index in [4.69, 9.17) is 64.0 Å². The molecule has 4 amide bonds. The molecule has 0 aliphatic heterocycles. The molecule has 59 heavy (non-hydrogen) atoms. The van der Waals surface area contributed by atoms with Gasteiger partial charge in [0.1, 0.15) is 19.8 Å². The van der Waals surface area contributed by atoms with Crippen LogP contribution in [-0.4, -0.2) is 139 Å². The van der Waals surface area contributed by atoms with Crippen molar-refractivity contribution < 1.29 is 57.0 Å². The molecule has 0 spiro atoms. The molecule has 3 saturated carbocycles. The highest BCUT2D eigenvalue weighted by Gasteiger charge is 2.73. The minimum absolute atomic E-state index is 0.00919. The second-order valence-electron chi connectivity index (χ2n) is 15.6. The van der Waals surface area contributed by atoms with Crippen LogP contribution in [0.5, 0.6) is 0 Å². The first-order valence-corrected chi connectivity index (χ1v) is 22.6. The molecule has 0 aromatic carbocycles. The Morgan fingerprint density at radius 2 is 0.966 bits per heavy atom. The molecule has 18 heteroatoms. The molecule has 3 fully saturated rings. The monoisotopic (exact) mass is 867 g/mol. The zero-order valence-electron chi connectivity index (χ0n) is 35.0. The number of hydrogen-bond donors (Lipinski definition) is 4. The lowest BCUT2D eigenvalue weighted by atomic mass is 9.41. The van der Waals surface area contributed by atoms with Gasteiger partial charge in [-0.2, -0.15) is 0 Å². The van der Waals surface area contributed by atoms with E-state index >= 15 is 0 Å². The standard InChI is InChI=1S/C41H65N4O12PS/c1-7-19-51-25-28-54-22-16-42-34(46)10-13-40(14-11-35(47)43-17-23-55-29-26-52-20-8-2,15-12-36(48)44-18-24-56-30-27-53-21-9-3)45-37(49)39-31-41(32-39,33-39)57-58(50,59)38(4,5)6/h1-3H,10-33H2,4-6H3,(H,42,46)(H,43,47)(H,44,48)(H,45,49)(H,50,59)/p-1. The Morgan fingerprint density at radius 3 is 1.29 bits per heavy atom. The Hall–Kier alpha value is -3.11. The van der Waals surface area contributed by atoms with Crippen molar-refractivity contribution in [2.24, 2.45) is 5.41 Å². The molecule has 4 N–H and O–H groups in total. The van der Waals surface area contributed by atoms with E-state index in [0.29, 0.717) is 58.9 Å². The fraction of sp³-hybridized carbons (Fsp3) is 0.756. The highest BCUT2D eigenvalue weighted by molar-refractivity contribution is 8.09. The van der Waals surface area contributed by atoms with Crippen LogP contribution in [0.2, 0.25) is 0 Å². The summed E-state index contributed by atoms with van der Waals surface area (Å²) >= 11 is 5.38. The van der Waals surface area contributed by atoms with Crippen molar-refractivity contribution in [2.45, 2.75) is 94.9 Å². The summed E-state index contributed by atoms with van der Waals surface area (Å²) in [5, 5.41) is 10.9. The van der Waals surface area contributed by atoms with E-state index in [1.165, 1.54) is 0 Å². The van der Waals surface area contributed by atoms with Crippen molar-refractivity contribution in [3.05, 3.63) is 0 Å². The summed E-state index contributed by atoms with van der Waals surface area (Å²) in [7, 11) is 0. The van der Waals surface area contributed by atoms with Gasteiger partial charge in [0, 0.05) is 56.1 Å². The average molecular weight is 868 g/mol. The van der Waals surface area contributed by atoms with E-state index in [1.807, 2.05) is 0 Å². The largest absolute Gasteiger partial charge is 0.800 e. The average Bonchev–Trinajstić information content (AvgIpc) is 3.15. The van der Waals surface area contributed by atoms with Crippen LogP contribution in [0.4, 0.5) is 0 Å². The van der Waals surface area contributed by atoms with E-state index in [2.05, 4.69) is 39.0 Å². The molecule has 0 radical (unpaired) electrons. The van der Waals surface area contributed by atoms with Crippen molar-refractivity contribution in [3.8, 4) is 37.0 Å². The molecule has 3 aliphatic carbocycles. The SMILES string of the molecule is C#CCOCCOCCNC(=O)CCC(CCC(=O)NCCOCCOCC#C)(CCC(=O)NCCOCCOCC#C)NC(=O)C12CC(OP([O-])(=S)C(C)(C)C)(C1)C2. The normalized spacial score (nSPS) is 19.1. The van der Waals surface area contributed by atoms with Gasteiger partial charge in [0.05, 0.1) is 70.5 Å². The Balaban J connectivity index is 2.14. The Labute approximate surface area is 355 Å². The second-order valence-corrected chi connectivity index (χ2v) is 19.6. The van der Waals surface area contributed by atoms with Gasteiger partial charge in [0.25, 0.3) is 0 Å². The Bertz CT molecular complexity index is 1390. The molecule has 0 aromatic heterocycles. The molecule has 332 valence electrons. The predicted octanol–water partition coefficient (Wildman–Crippen LogP) is 0.937. The Morgan fingerprint density at radius 1 is 0.627 bits per heavy atom. The van der Waals surface area contributed by atoms with Crippen molar-refractivity contribution in [2.75, 3.05) is 98.9 Å². The third-order valence-electron chi connectivity index (χ3n) is 9.85. The number of carbonyl (C=O) groups is 4. The molecule has 0 saturated heterocycles. The van der Waals surface area contributed by atoms with Crippen LogP contribution in [0.15, 0.2) is 0 Å². The van der Waals surface area contributed by atoms with Crippen molar-refractivity contribution in [1.82, 2.24) is 21.3 Å². The summed E-state index contributed by atoms with van der Waals surface area (Å²) in [5.41, 5.74) is -2.65. The first-order chi connectivity index (χ1) is 28.1. The van der Waals surface area contributed by atoms with E-state index in [-0.39, 0.29) is 121 Å². The fourth-order valence-corrected chi connectivity index (χ4v) is 7.98. The third kappa shape index (κ3) is 19.4. The van der Waals surface area contributed by atoms with Gasteiger partial charge in [0.15, 0.2) is 0 Å². The molecule has 1 atom stereocenters. The van der Waals surface area contributed by atoms with Crippen LogP contribution in [-0.2, 0) is 63.9 Å². The summed E-state index contributed by atoms with van der Waals surface area (Å²) in [6, 6.07) is 0. The van der Waals surface area contributed by atoms with E-state index in [0.717, 1.165) is 0 Å². The maximum atomic E-state index is 14.2. The molecule has 16 nitrogen and oxygen atoms in total. The first kappa shape index (κ1) is 52.0. The number of rotatable bonds is 34. The maximum Gasteiger partial charge on any atom is 0.226 e. The smallest absolute Gasteiger partial charge is 0.226 e. The fourth-order valence-electron chi connectivity index (χ4n) is 6.52. The lowest BCUT2D eigenvalue weighted by molar-refractivity contribution is -0.267. The van der Waals surface area contributed by atoms with Crippen LogP contribution >= 0.6 is 6.49 Å². The predicted molar refractivity (Wildman–Crippen MR) is 223 cm³/mol. The molecule has 0 aromatic rings. The number of terminal acetylenes is 3. The molecular weight excluding hydrogens is 804 g/mol. The molecule has 1 unspecified atom stereocenters. The van der Waals surface area contributed by atoms with Crippen molar-refractivity contribution >= 4 is 41.9 Å². The van der Waals surface area contributed by atoms with Crippen LogP contribution in [0.1, 0.15) is 78.6 Å². The summed E-state index contributed by atoms with van der Waals surface area (Å²) < 4.78 is 38.0. The minimum Gasteiger partial charge on any atom is -0.800 e. The number of ether oxygens (including phenoxy) is 6. The van der Waals surface area contributed by atoms with Gasteiger partial charge < -0.3 is 59.1 Å². The zero-order chi connectivity index (χ0) is 43.7. The first-order valence-electron chi connectivity index (χ1n) is 20.0. The van der Waals surface area contributed by atoms with E-state index < -0.39 is 28.2 Å². The van der Waals surface area contributed by atoms with Gasteiger partial charge >= 0.3 is 0 Å². The van der Waals surface area contributed by atoms with Crippen LogP contribution in [0.3, 0.4) is 0 Å². The number of nitrogens with one attached hydrogen (secondary N) is 4. The second kappa shape index (κ2) is 27.0. The number of carbonyl (C=O) groups excluding carboxylic acids is 4. The van der Waals surface area contributed by atoms with E-state index in [1.54, 1.807) is 20.8 Å². The molecule has 2 bridgehead atoms.